The van der Waals surface area contributed by atoms with Gasteiger partial charge in [0.05, 0.1) is 33.5 Å². The summed E-state index contributed by atoms with van der Waals surface area (Å²) in [7, 11) is 14.0. The number of halogens is 3. The van der Waals surface area contributed by atoms with E-state index in [9.17, 15) is 19.5 Å². The maximum Gasteiger partial charge on any atom is 0.247 e. The van der Waals surface area contributed by atoms with Crippen molar-refractivity contribution in [3.8, 4) is 34.9 Å². The number of fused-ring (bicyclic) bond motifs is 3. The predicted molar refractivity (Wildman–Crippen MR) is 458 cm³/mol. The first-order chi connectivity index (χ1) is 57.0. The zero-order chi connectivity index (χ0) is 83.1. The minimum atomic E-state index is -0.343. The standard InChI is InChI=1S/C29H33FN8O2.C28H31FN8O2.C28H30FN7O3/c1-5-25(39)32-20-7-6-8-22(15-20)40-28-26-19(18-36(2)3)17-31-27(26)34-29(35-28)33-21-9-10-24(23(30)16-21)38-13-11-37(4)12-14-38;1-5-24(38)31-18-7-6-8-20(15-18)39-27-25-23(35(2)3)17-30-26(25)33-28(34-27)32-19-9-10-22(21(29)16-19)37-13-11-36(4)12-14-37;1-3-24(38)31-19-5-4-6-21(15-19)39-27-25-18(9-14-37)17-30-26(25)33-28(34-27)32-20-7-8-23(22(29)16-20)36-12-10-35(2)11-13-36/h5-10,15-17H,1,11-14,18H2,2-4H3,(H,32,39)(H2,31,33,34,35);5-10,15-17H,1,11-14H2,2-4H3,(H,31,38)(H2,30,32,33,34);3-8,15-17,37H,1,9-14H2,2H3,(H,31,38)(H2,30,32,33,34). The number of carbonyl (C=O) groups excluding carboxylic acids is 3. The number of aromatic nitrogens is 9. The van der Waals surface area contributed by atoms with Gasteiger partial charge in [0.2, 0.25) is 53.2 Å². The van der Waals surface area contributed by atoms with Crippen molar-refractivity contribution >= 4 is 126 Å². The van der Waals surface area contributed by atoms with Crippen LogP contribution >= 0.6 is 0 Å². The van der Waals surface area contributed by atoms with E-state index in [0.717, 1.165) is 101 Å². The van der Waals surface area contributed by atoms with Crippen LogP contribution in [0.15, 0.2) is 184 Å². The summed E-state index contributed by atoms with van der Waals surface area (Å²) in [6.07, 6.45) is 9.40. The number of hydrogen-bond donors (Lipinski definition) is 10. The van der Waals surface area contributed by atoms with E-state index in [1.165, 1.54) is 36.4 Å². The van der Waals surface area contributed by atoms with Crippen molar-refractivity contribution in [2.24, 2.45) is 0 Å². The van der Waals surface area contributed by atoms with Gasteiger partial charge in [-0.15, -0.1) is 0 Å². The number of amides is 3. The molecule has 3 amide bonds. The Morgan fingerprint density at radius 3 is 1.10 bits per heavy atom. The van der Waals surface area contributed by atoms with Gasteiger partial charge in [0, 0.05) is 177 Å². The number of aliphatic hydroxyl groups excluding tert-OH is 1. The van der Waals surface area contributed by atoms with Crippen LogP contribution in [0.4, 0.5) is 87.9 Å². The zero-order valence-corrected chi connectivity index (χ0v) is 66.6. The van der Waals surface area contributed by atoms with E-state index in [-0.39, 0.29) is 65.5 Å². The molecule has 9 heterocycles. The van der Waals surface area contributed by atoms with E-state index >= 15 is 13.2 Å². The number of likely N-dealkylation sites (N-methyl/N-ethyl adjacent to an activating group) is 3. The van der Waals surface area contributed by atoms with Gasteiger partial charge >= 0.3 is 0 Å². The Hall–Kier alpha value is -13.6. The molecule has 33 heteroatoms. The molecule has 118 heavy (non-hydrogen) atoms. The molecule has 0 saturated carbocycles. The fourth-order valence-corrected chi connectivity index (χ4v) is 13.5. The number of ether oxygens (including phenoxy) is 3. The van der Waals surface area contributed by atoms with Crippen LogP contribution in [0.1, 0.15) is 11.1 Å². The van der Waals surface area contributed by atoms with Crippen LogP contribution in [0.3, 0.4) is 0 Å². The minimum Gasteiger partial charge on any atom is -0.438 e. The highest BCUT2D eigenvalue weighted by atomic mass is 19.1. The van der Waals surface area contributed by atoms with Crippen LogP contribution in [0, 0.1) is 17.5 Å². The number of rotatable bonds is 26. The quantitative estimate of drug-likeness (QED) is 0.0225. The van der Waals surface area contributed by atoms with Crippen LogP contribution in [-0.4, -0.2) is 222 Å². The summed E-state index contributed by atoms with van der Waals surface area (Å²) < 4.78 is 63.9. The average Bonchev–Trinajstić information content (AvgIpc) is 1.60. The van der Waals surface area contributed by atoms with E-state index in [2.05, 4.69) is 142 Å². The molecule has 3 aliphatic heterocycles. The second kappa shape index (κ2) is 37.8. The molecule has 10 N–H and O–H groups in total. The fourth-order valence-electron chi connectivity index (χ4n) is 13.5. The van der Waals surface area contributed by atoms with Crippen LogP contribution in [0.25, 0.3) is 33.1 Å². The van der Waals surface area contributed by atoms with E-state index < -0.39 is 0 Å². The van der Waals surface area contributed by atoms with Crippen molar-refractivity contribution in [1.29, 1.82) is 0 Å². The summed E-state index contributed by atoms with van der Waals surface area (Å²) in [5, 5.41) is 29.0. The third-order valence-corrected chi connectivity index (χ3v) is 19.6. The lowest BCUT2D eigenvalue weighted by Crippen LogP contribution is -2.44. The summed E-state index contributed by atoms with van der Waals surface area (Å²) >= 11 is 0. The number of aromatic amines is 3. The highest BCUT2D eigenvalue weighted by Crippen LogP contribution is 2.40. The molecule has 15 rings (SSSR count). The first kappa shape index (κ1) is 82.4. The lowest BCUT2D eigenvalue weighted by Gasteiger charge is -2.34. The van der Waals surface area contributed by atoms with Crippen LogP contribution in [0.2, 0.25) is 0 Å². The smallest absolute Gasteiger partial charge is 0.247 e. The van der Waals surface area contributed by atoms with Gasteiger partial charge in [-0.3, -0.25) is 14.4 Å². The van der Waals surface area contributed by atoms with Crippen LogP contribution in [-0.2, 0) is 27.3 Å². The third kappa shape index (κ3) is 20.7. The number of nitrogens with one attached hydrogen (secondary N) is 9. The Kier molecular flexibility index (Phi) is 26.4. The Balaban J connectivity index is 0.000000153. The van der Waals surface area contributed by atoms with Crippen molar-refractivity contribution in [1.82, 2.24) is 64.5 Å². The number of anilines is 13. The van der Waals surface area contributed by atoms with E-state index in [4.69, 9.17) is 14.2 Å². The molecule has 0 spiro atoms. The van der Waals surface area contributed by atoms with Crippen molar-refractivity contribution in [3.63, 3.8) is 0 Å². The number of nitrogens with zero attached hydrogens (tertiary/aromatic N) is 14. The second-order valence-corrected chi connectivity index (χ2v) is 28.8. The van der Waals surface area contributed by atoms with Crippen LogP contribution < -0.4 is 65.7 Å². The molecular formula is C85H94F3N23O7. The van der Waals surface area contributed by atoms with Crippen molar-refractivity contribution in [2.45, 2.75) is 13.0 Å². The van der Waals surface area contributed by atoms with Gasteiger partial charge < -0.3 is 105 Å². The first-order valence-corrected chi connectivity index (χ1v) is 38.2. The topological polar surface area (TPSA) is 322 Å². The van der Waals surface area contributed by atoms with Gasteiger partial charge in [-0.25, -0.2) is 13.2 Å². The number of hydrogen-bond acceptors (Lipinski definition) is 24. The minimum absolute atomic E-state index is 0.0611. The van der Waals surface area contributed by atoms with E-state index in [1.54, 1.807) is 103 Å². The third-order valence-electron chi connectivity index (χ3n) is 19.6. The Bertz CT molecular complexity index is 5620. The molecule has 3 saturated heterocycles. The van der Waals surface area contributed by atoms with Gasteiger partial charge in [0.1, 0.15) is 57.0 Å². The molecule has 0 atom stereocenters. The highest BCUT2D eigenvalue weighted by molar-refractivity contribution is 6.01. The van der Waals surface area contributed by atoms with Gasteiger partial charge in [-0.1, -0.05) is 37.9 Å². The van der Waals surface area contributed by atoms with E-state index in [0.29, 0.717) is 121 Å². The molecule has 3 aliphatic rings. The van der Waals surface area contributed by atoms with Crippen molar-refractivity contribution < 1.29 is 46.9 Å². The zero-order valence-electron chi connectivity index (χ0n) is 66.6. The molecule has 6 aromatic carbocycles. The molecule has 30 nitrogen and oxygen atoms in total. The largest absolute Gasteiger partial charge is 0.438 e. The van der Waals surface area contributed by atoms with Gasteiger partial charge in [0.15, 0.2) is 0 Å². The molecular weight excluding hydrogens is 1510 g/mol. The average molecular weight is 1610 g/mol. The maximum absolute atomic E-state index is 15.1. The number of piperazine rings is 3. The Morgan fingerprint density at radius 2 is 0.771 bits per heavy atom. The molecule has 0 radical (unpaired) electrons. The summed E-state index contributed by atoms with van der Waals surface area (Å²) in [5.74, 6) is 1.02. The molecule has 0 unspecified atom stereocenters. The lowest BCUT2D eigenvalue weighted by molar-refractivity contribution is -0.112. The molecule has 0 bridgehead atoms. The van der Waals surface area contributed by atoms with Gasteiger partial charge in [0.25, 0.3) is 0 Å². The molecule has 0 aliphatic carbocycles. The van der Waals surface area contributed by atoms with Crippen LogP contribution in [0.5, 0.6) is 34.9 Å². The number of aliphatic hydroxyl groups is 1. The number of H-pyrrole nitrogens is 3. The van der Waals surface area contributed by atoms with Crippen molar-refractivity contribution in [2.75, 3.05) is 186 Å². The molecule has 3 fully saturated rings. The van der Waals surface area contributed by atoms with Crippen molar-refractivity contribution in [3.05, 3.63) is 213 Å². The monoisotopic (exact) mass is 1610 g/mol. The van der Waals surface area contributed by atoms with E-state index in [1.807, 2.05) is 67.4 Å². The maximum atomic E-state index is 15.1. The second-order valence-electron chi connectivity index (χ2n) is 28.8. The molecule has 612 valence electrons. The normalized spacial score (nSPS) is 13.9. The Labute approximate surface area is 680 Å². The summed E-state index contributed by atoms with van der Waals surface area (Å²) in [5.41, 5.74) is 9.12. The fraction of sp³-hybridized carbons (Fsp3) is 0.259. The lowest BCUT2D eigenvalue weighted by atomic mass is 10.2. The number of benzene rings is 6. The molecule has 12 aromatic rings. The summed E-state index contributed by atoms with van der Waals surface area (Å²) in [6, 6.07) is 35.9. The van der Waals surface area contributed by atoms with Gasteiger partial charge in [-0.2, -0.15) is 29.9 Å². The summed E-state index contributed by atoms with van der Waals surface area (Å²) in [4.78, 5) is 89.2. The first-order valence-electron chi connectivity index (χ1n) is 38.2. The Morgan fingerprint density at radius 1 is 0.441 bits per heavy atom. The SMILES string of the molecule is C=CC(=O)Nc1cccc(Oc2nc(Nc3ccc(N4CCN(C)CC4)c(F)c3)nc3[nH]cc(CCO)c23)c1.C=CC(=O)Nc1cccc(Oc2nc(Nc3ccc(N4CCN(C)CC4)c(F)c3)nc3[nH]cc(CN(C)C)c23)c1.C=CC(=O)Nc1cccc(Oc2nc(Nc3ccc(N4CCN(C)CC4)c(F)c3)nc3[nH]cc(N(C)C)c23)c1. The predicted octanol–water partition coefficient (Wildman–Crippen LogP) is 13.2. The molecule has 6 aromatic heterocycles. The summed E-state index contributed by atoms with van der Waals surface area (Å²) in [6.45, 7) is 21.0. The van der Waals surface area contributed by atoms with Gasteiger partial charge in [-0.05, 0) is 162 Å². The number of carbonyl (C=O) groups is 3. The highest BCUT2D eigenvalue weighted by Gasteiger charge is 2.26.